The molecule has 0 aromatic heterocycles. The number of nitrogens with one attached hydrogen (secondary N) is 2. The molecule has 6 heteroatoms. The Balaban J connectivity index is 2.03. The van der Waals surface area contributed by atoms with Gasteiger partial charge in [0.25, 0.3) is 5.91 Å². The third-order valence-corrected chi connectivity index (χ3v) is 3.78. The summed E-state index contributed by atoms with van der Waals surface area (Å²) in [6, 6.07) is 12.5. The molecular weight excluding hydrogens is 372 g/mol. The van der Waals surface area contributed by atoms with E-state index in [4.69, 9.17) is 23.8 Å². The molecule has 0 unspecified atom stereocenters. The summed E-state index contributed by atoms with van der Waals surface area (Å²) in [5.74, 6) is -0.307. The van der Waals surface area contributed by atoms with Crippen LogP contribution in [0.1, 0.15) is 15.9 Å². The summed E-state index contributed by atoms with van der Waals surface area (Å²) in [5.41, 5.74) is 2.37. The van der Waals surface area contributed by atoms with Crippen LogP contribution in [0.2, 0.25) is 5.02 Å². The Hall–Kier alpha value is -1.43. The number of rotatable bonds is 2. The van der Waals surface area contributed by atoms with Crippen LogP contribution in [0.4, 0.5) is 5.69 Å². The van der Waals surface area contributed by atoms with Gasteiger partial charge < -0.3 is 5.32 Å². The van der Waals surface area contributed by atoms with E-state index in [0.717, 1.165) is 15.7 Å². The molecule has 0 aliphatic rings. The summed E-state index contributed by atoms with van der Waals surface area (Å²) in [7, 11) is 0. The van der Waals surface area contributed by atoms with Crippen LogP contribution in [-0.2, 0) is 0 Å². The first-order valence-electron chi connectivity index (χ1n) is 6.10. The Kier molecular flexibility index (Phi) is 5.33. The molecule has 0 bridgehead atoms. The SMILES string of the molecule is Cc1ccc(NC(=S)NC(=O)c2cccc(Cl)c2)c(Br)c1. The zero-order valence-electron chi connectivity index (χ0n) is 11.1. The van der Waals surface area contributed by atoms with E-state index in [-0.39, 0.29) is 11.0 Å². The van der Waals surface area contributed by atoms with E-state index < -0.39 is 0 Å². The zero-order valence-corrected chi connectivity index (χ0v) is 14.3. The van der Waals surface area contributed by atoms with Gasteiger partial charge in [-0.2, -0.15) is 0 Å². The molecule has 0 heterocycles. The maximum atomic E-state index is 12.0. The number of carbonyl (C=O) groups is 1. The minimum atomic E-state index is -0.307. The lowest BCUT2D eigenvalue weighted by Gasteiger charge is -2.11. The van der Waals surface area contributed by atoms with Gasteiger partial charge in [-0.1, -0.05) is 23.7 Å². The van der Waals surface area contributed by atoms with E-state index in [0.29, 0.717) is 10.6 Å². The van der Waals surface area contributed by atoms with Crippen molar-refractivity contribution in [1.29, 1.82) is 0 Å². The quantitative estimate of drug-likeness (QED) is 0.748. The van der Waals surface area contributed by atoms with Gasteiger partial charge >= 0.3 is 0 Å². The highest BCUT2D eigenvalue weighted by molar-refractivity contribution is 9.10. The molecule has 2 rings (SSSR count). The zero-order chi connectivity index (χ0) is 15.4. The molecule has 108 valence electrons. The van der Waals surface area contributed by atoms with Crippen LogP contribution in [-0.4, -0.2) is 11.0 Å². The van der Waals surface area contributed by atoms with E-state index in [1.165, 1.54) is 0 Å². The minimum absolute atomic E-state index is 0.226. The van der Waals surface area contributed by atoms with Crippen molar-refractivity contribution in [2.45, 2.75) is 6.92 Å². The lowest BCUT2D eigenvalue weighted by molar-refractivity contribution is 0.0977. The largest absolute Gasteiger partial charge is 0.331 e. The third-order valence-electron chi connectivity index (χ3n) is 2.69. The van der Waals surface area contributed by atoms with Gasteiger partial charge in [0.15, 0.2) is 5.11 Å². The Morgan fingerprint density at radius 2 is 2.00 bits per heavy atom. The third kappa shape index (κ3) is 4.52. The molecule has 0 fully saturated rings. The molecule has 2 N–H and O–H groups in total. The fourth-order valence-corrected chi connectivity index (χ4v) is 2.67. The molecule has 2 aromatic carbocycles. The number of hydrogen-bond donors (Lipinski definition) is 2. The van der Waals surface area contributed by atoms with Crippen molar-refractivity contribution in [3.8, 4) is 0 Å². The number of thiocarbonyl (C=S) groups is 1. The molecule has 3 nitrogen and oxygen atoms in total. The monoisotopic (exact) mass is 382 g/mol. The molecule has 0 saturated carbocycles. The van der Waals surface area contributed by atoms with Crippen LogP contribution in [0.3, 0.4) is 0 Å². The minimum Gasteiger partial charge on any atom is -0.331 e. The van der Waals surface area contributed by atoms with Crippen molar-refractivity contribution in [3.05, 3.63) is 63.1 Å². The van der Waals surface area contributed by atoms with Gasteiger partial charge in [0.2, 0.25) is 0 Å². The van der Waals surface area contributed by atoms with Crippen LogP contribution in [0.5, 0.6) is 0 Å². The fraction of sp³-hybridized carbons (Fsp3) is 0.0667. The number of halogens is 2. The summed E-state index contributed by atoms with van der Waals surface area (Å²) >= 11 is 14.4. The summed E-state index contributed by atoms with van der Waals surface area (Å²) in [5, 5.41) is 6.32. The van der Waals surface area contributed by atoms with Crippen LogP contribution < -0.4 is 10.6 Å². The van der Waals surface area contributed by atoms with Crippen molar-refractivity contribution >= 4 is 56.5 Å². The maximum absolute atomic E-state index is 12.0. The molecule has 0 saturated heterocycles. The van der Waals surface area contributed by atoms with Crippen LogP contribution in [0, 0.1) is 6.92 Å². The average Bonchev–Trinajstić information content (AvgIpc) is 2.42. The van der Waals surface area contributed by atoms with E-state index in [2.05, 4.69) is 26.6 Å². The number of carbonyl (C=O) groups excluding carboxylic acids is 1. The number of amides is 1. The van der Waals surface area contributed by atoms with Crippen LogP contribution in [0.25, 0.3) is 0 Å². The van der Waals surface area contributed by atoms with Crippen molar-refractivity contribution in [3.63, 3.8) is 0 Å². The van der Waals surface area contributed by atoms with E-state index in [1.807, 2.05) is 25.1 Å². The molecule has 21 heavy (non-hydrogen) atoms. The predicted octanol–water partition coefficient (Wildman–Crippen LogP) is 4.54. The highest BCUT2D eigenvalue weighted by atomic mass is 79.9. The van der Waals surface area contributed by atoms with E-state index in [1.54, 1.807) is 24.3 Å². The van der Waals surface area contributed by atoms with Gasteiger partial charge in [-0.3, -0.25) is 10.1 Å². The first kappa shape index (κ1) is 15.9. The van der Waals surface area contributed by atoms with Gasteiger partial charge in [-0.15, -0.1) is 0 Å². The lowest BCUT2D eigenvalue weighted by atomic mass is 10.2. The number of hydrogen-bond acceptors (Lipinski definition) is 2. The molecule has 2 aromatic rings. The smallest absolute Gasteiger partial charge is 0.257 e. The van der Waals surface area contributed by atoms with Gasteiger partial charge in [0, 0.05) is 15.1 Å². The molecule has 0 aliphatic heterocycles. The van der Waals surface area contributed by atoms with Crippen molar-refractivity contribution in [1.82, 2.24) is 5.32 Å². The summed E-state index contributed by atoms with van der Waals surface area (Å²) < 4.78 is 0.877. The molecule has 1 amide bonds. The lowest BCUT2D eigenvalue weighted by Crippen LogP contribution is -2.34. The summed E-state index contributed by atoms with van der Waals surface area (Å²) in [6.45, 7) is 1.99. The highest BCUT2D eigenvalue weighted by Crippen LogP contribution is 2.23. The second-order valence-electron chi connectivity index (χ2n) is 4.40. The topological polar surface area (TPSA) is 41.1 Å². The average molecular weight is 384 g/mol. The summed E-state index contributed by atoms with van der Waals surface area (Å²) in [4.78, 5) is 12.0. The Bertz CT molecular complexity index is 706. The number of aryl methyl sites for hydroxylation is 1. The fourth-order valence-electron chi connectivity index (χ4n) is 1.68. The van der Waals surface area contributed by atoms with Crippen LogP contribution >= 0.6 is 39.7 Å². The maximum Gasteiger partial charge on any atom is 0.257 e. The standard InChI is InChI=1S/C15H12BrClN2OS/c1-9-5-6-13(12(16)7-9)18-15(21)19-14(20)10-3-2-4-11(17)8-10/h2-8H,1H3,(H2,18,19,20,21). The Labute approximate surface area is 141 Å². The van der Waals surface area contributed by atoms with Gasteiger partial charge in [0.1, 0.15) is 0 Å². The summed E-state index contributed by atoms with van der Waals surface area (Å²) in [6.07, 6.45) is 0. The van der Waals surface area contributed by atoms with Gasteiger partial charge in [-0.05, 0) is 71.0 Å². The van der Waals surface area contributed by atoms with Gasteiger partial charge in [0.05, 0.1) is 5.69 Å². The molecule has 0 aliphatic carbocycles. The second-order valence-corrected chi connectivity index (χ2v) is 6.10. The second kappa shape index (κ2) is 7.02. The predicted molar refractivity (Wildman–Crippen MR) is 94.0 cm³/mol. The van der Waals surface area contributed by atoms with E-state index >= 15 is 0 Å². The highest BCUT2D eigenvalue weighted by Gasteiger charge is 2.09. The van der Waals surface area contributed by atoms with Gasteiger partial charge in [-0.25, -0.2) is 0 Å². The van der Waals surface area contributed by atoms with Crippen molar-refractivity contribution in [2.24, 2.45) is 0 Å². The Morgan fingerprint density at radius 1 is 1.24 bits per heavy atom. The number of anilines is 1. The Morgan fingerprint density at radius 3 is 2.67 bits per heavy atom. The number of benzene rings is 2. The molecule has 0 spiro atoms. The van der Waals surface area contributed by atoms with Crippen molar-refractivity contribution in [2.75, 3.05) is 5.32 Å². The van der Waals surface area contributed by atoms with Crippen LogP contribution in [0.15, 0.2) is 46.9 Å². The normalized spacial score (nSPS) is 10.0. The first-order chi connectivity index (χ1) is 9.95. The molecular formula is C15H12BrClN2OS. The van der Waals surface area contributed by atoms with E-state index in [9.17, 15) is 4.79 Å². The molecule has 0 radical (unpaired) electrons. The van der Waals surface area contributed by atoms with Crippen molar-refractivity contribution < 1.29 is 4.79 Å². The first-order valence-corrected chi connectivity index (χ1v) is 7.67. The molecule has 0 atom stereocenters.